The number of carbonyl (C=O) groups is 1. The molecular weight excluding hydrogens is 252 g/mol. The third kappa shape index (κ3) is 3.25. The summed E-state index contributed by atoms with van der Waals surface area (Å²) >= 11 is 0. The van der Waals surface area contributed by atoms with Crippen molar-refractivity contribution in [1.29, 1.82) is 0 Å². The van der Waals surface area contributed by atoms with Crippen molar-refractivity contribution in [2.75, 3.05) is 0 Å². The summed E-state index contributed by atoms with van der Waals surface area (Å²) in [5.74, 6) is -1.36. The molecule has 0 aliphatic carbocycles. The number of hydrogen-bond donors (Lipinski definition) is 2. The first-order valence-corrected chi connectivity index (χ1v) is 6.59. The molecule has 0 radical (unpaired) electrons. The summed E-state index contributed by atoms with van der Waals surface area (Å²) in [4.78, 5) is 11.5. The van der Waals surface area contributed by atoms with E-state index in [1.165, 1.54) is 0 Å². The molecule has 0 aromatic heterocycles. The molecule has 3 nitrogen and oxygen atoms in total. The number of aliphatic hydroxyl groups excluding tert-OH is 1. The Kier molecular flexibility index (Phi) is 4.53. The number of hydrogen-bond acceptors (Lipinski definition) is 2. The number of carboxylic acids is 1. The predicted molar refractivity (Wildman–Crippen MR) is 77.6 cm³/mol. The molecule has 2 aromatic carbocycles. The van der Waals surface area contributed by atoms with Crippen molar-refractivity contribution >= 4 is 5.97 Å². The van der Waals surface area contributed by atoms with Gasteiger partial charge in [0.1, 0.15) is 0 Å². The molecule has 1 unspecified atom stereocenters. The summed E-state index contributed by atoms with van der Waals surface area (Å²) < 4.78 is 0. The maximum Gasteiger partial charge on any atom is 0.311 e. The molecule has 0 heterocycles. The summed E-state index contributed by atoms with van der Waals surface area (Å²) in [5, 5.41) is 18.5. The van der Waals surface area contributed by atoms with Crippen LogP contribution >= 0.6 is 0 Å². The van der Waals surface area contributed by atoms with E-state index in [0.717, 1.165) is 22.3 Å². The van der Waals surface area contributed by atoms with Gasteiger partial charge in [-0.2, -0.15) is 0 Å². The number of benzene rings is 2. The zero-order valence-electron chi connectivity index (χ0n) is 11.4. The molecule has 0 saturated carbocycles. The minimum Gasteiger partial charge on any atom is -0.481 e. The van der Waals surface area contributed by atoms with Crippen LogP contribution in [-0.4, -0.2) is 16.2 Å². The third-order valence-corrected chi connectivity index (χ3v) is 3.51. The van der Waals surface area contributed by atoms with Crippen LogP contribution in [0.15, 0.2) is 48.5 Å². The van der Waals surface area contributed by atoms with E-state index in [1.807, 2.05) is 55.5 Å². The van der Waals surface area contributed by atoms with Crippen LogP contribution in [0, 0.1) is 6.92 Å². The van der Waals surface area contributed by atoms with E-state index in [9.17, 15) is 9.90 Å². The fraction of sp³-hybridized carbons (Fsp3) is 0.235. The smallest absolute Gasteiger partial charge is 0.311 e. The average Bonchev–Trinajstić information content (AvgIpc) is 2.46. The van der Waals surface area contributed by atoms with Gasteiger partial charge in [0.05, 0.1) is 12.5 Å². The molecule has 0 aliphatic heterocycles. The molecule has 0 spiro atoms. The molecule has 3 heteroatoms. The number of carboxylic acid groups (broad SMARTS) is 1. The fourth-order valence-corrected chi connectivity index (χ4v) is 2.32. The highest BCUT2D eigenvalue weighted by molar-refractivity contribution is 5.77. The largest absolute Gasteiger partial charge is 0.481 e. The van der Waals surface area contributed by atoms with Crippen molar-refractivity contribution in [1.82, 2.24) is 0 Å². The summed E-state index contributed by atoms with van der Waals surface area (Å²) in [6.45, 7) is 1.93. The Hall–Kier alpha value is -2.13. The van der Waals surface area contributed by atoms with E-state index in [2.05, 4.69) is 0 Å². The first-order valence-electron chi connectivity index (χ1n) is 6.59. The second-order valence-corrected chi connectivity index (χ2v) is 4.93. The molecule has 0 saturated heterocycles. The molecule has 0 fully saturated rings. The van der Waals surface area contributed by atoms with Crippen LogP contribution in [0.4, 0.5) is 0 Å². The van der Waals surface area contributed by atoms with E-state index in [0.29, 0.717) is 6.42 Å². The van der Waals surface area contributed by atoms with Gasteiger partial charge in [-0.1, -0.05) is 48.5 Å². The number of rotatable bonds is 5. The minimum atomic E-state index is -0.814. The molecule has 1 atom stereocenters. The number of aryl methyl sites for hydroxylation is 1. The normalized spacial score (nSPS) is 12.1. The van der Waals surface area contributed by atoms with Crippen molar-refractivity contribution in [3.05, 3.63) is 70.8 Å². The van der Waals surface area contributed by atoms with E-state index in [-0.39, 0.29) is 6.61 Å². The van der Waals surface area contributed by atoms with Gasteiger partial charge in [-0.3, -0.25) is 4.79 Å². The standard InChI is InChI=1S/C17H18O3/c1-12-4-2-3-5-15(12)16(17(19)20)10-13-6-8-14(11-18)9-7-13/h2-9,16,18H,10-11H2,1H3,(H,19,20). The van der Waals surface area contributed by atoms with Crippen molar-refractivity contribution in [3.8, 4) is 0 Å². The lowest BCUT2D eigenvalue weighted by Gasteiger charge is -2.15. The van der Waals surface area contributed by atoms with Crippen LogP contribution in [0.1, 0.15) is 28.2 Å². The number of aliphatic hydroxyl groups is 1. The van der Waals surface area contributed by atoms with Crippen molar-refractivity contribution in [2.24, 2.45) is 0 Å². The fourth-order valence-electron chi connectivity index (χ4n) is 2.32. The Morgan fingerprint density at radius 2 is 1.65 bits per heavy atom. The van der Waals surface area contributed by atoms with Gasteiger partial charge >= 0.3 is 5.97 Å². The van der Waals surface area contributed by atoms with Gasteiger partial charge in [-0.25, -0.2) is 0 Å². The van der Waals surface area contributed by atoms with Gasteiger partial charge in [-0.05, 0) is 35.6 Å². The highest BCUT2D eigenvalue weighted by Crippen LogP contribution is 2.24. The van der Waals surface area contributed by atoms with Gasteiger partial charge in [0.15, 0.2) is 0 Å². The summed E-state index contributed by atoms with van der Waals surface area (Å²) in [5.41, 5.74) is 3.63. The van der Waals surface area contributed by atoms with E-state index in [1.54, 1.807) is 0 Å². The quantitative estimate of drug-likeness (QED) is 0.878. The van der Waals surface area contributed by atoms with Crippen LogP contribution in [0.2, 0.25) is 0 Å². The Balaban J connectivity index is 2.26. The van der Waals surface area contributed by atoms with Crippen molar-refractivity contribution in [3.63, 3.8) is 0 Å². The molecule has 104 valence electrons. The molecule has 2 N–H and O–H groups in total. The summed E-state index contributed by atoms with van der Waals surface area (Å²) in [7, 11) is 0. The van der Waals surface area contributed by atoms with Gasteiger partial charge < -0.3 is 10.2 Å². The maximum atomic E-state index is 11.5. The summed E-state index contributed by atoms with van der Waals surface area (Å²) in [6.07, 6.45) is 0.450. The highest BCUT2D eigenvalue weighted by Gasteiger charge is 2.21. The topological polar surface area (TPSA) is 57.5 Å². The third-order valence-electron chi connectivity index (χ3n) is 3.51. The summed E-state index contributed by atoms with van der Waals surface area (Å²) in [6, 6.07) is 15.0. The zero-order valence-corrected chi connectivity index (χ0v) is 11.4. The zero-order chi connectivity index (χ0) is 14.5. The molecule has 20 heavy (non-hydrogen) atoms. The average molecular weight is 270 g/mol. The molecule has 0 aliphatic rings. The molecule has 0 amide bonds. The lowest BCUT2D eigenvalue weighted by molar-refractivity contribution is -0.138. The van der Waals surface area contributed by atoms with Gasteiger partial charge in [0.2, 0.25) is 0 Å². The Labute approximate surface area is 118 Å². The van der Waals surface area contributed by atoms with Crippen LogP contribution in [0.5, 0.6) is 0 Å². The number of aliphatic carboxylic acids is 1. The Morgan fingerprint density at radius 1 is 1.05 bits per heavy atom. The van der Waals surface area contributed by atoms with Crippen LogP contribution in [0.3, 0.4) is 0 Å². The first-order chi connectivity index (χ1) is 9.61. The van der Waals surface area contributed by atoms with E-state index >= 15 is 0 Å². The molecule has 2 rings (SSSR count). The van der Waals surface area contributed by atoms with E-state index < -0.39 is 11.9 Å². The second-order valence-electron chi connectivity index (χ2n) is 4.93. The van der Waals surface area contributed by atoms with Gasteiger partial charge in [0, 0.05) is 0 Å². The lowest BCUT2D eigenvalue weighted by atomic mass is 9.89. The SMILES string of the molecule is Cc1ccccc1C(Cc1ccc(CO)cc1)C(=O)O. The molecular formula is C17H18O3. The Bertz CT molecular complexity index is 587. The second kappa shape index (κ2) is 6.35. The lowest BCUT2D eigenvalue weighted by Crippen LogP contribution is -2.15. The first kappa shape index (κ1) is 14.3. The van der Waals surface area contributed by atoms with Crippen molar-refractivity contribution < 1.29 is 15.0 Å². The Morgan fingerprint density at radius 3 is 2.20 bits per heavy atom. The molecule has 2 aromatic rings. The molecule has 0 bridgehead atoms. The van der Waals surface area contributed by atoms with Crippen LogP contribution in [-0.2, 0) is 17.8 Å². The van der Waals surface area contributed by atoms with Gasteiger partial charge in [0.25, 0.3) is 0 Å². The van der Waals surface area contributed by atoms with E-state index in [4.69, 9.17) is 5.11 Å². The predicted octanol–water partition coefficient (Wildman–Crippen LogP) is 2.90. The van der Waals surface area contributed by atoms with Gasteiger partial charge in [-0.15, -0.1) is 0 Å². The maximum absolute atomic E-state index is 11.5. The van der Waals surface area contributed by atoms with Crippen LogP contribution < -0.4 is 0 Å². The van der Waals surface area contributed by atoms with Crippen LogP contribution in [0.25, 0.3) is 0 Å². The van der Waals surface area contributed by atoms with Crippen molar-refractivity contribution in [2.45, 2.75) is 25.9 Å². The minimum absolute atomic E-state index is 0.000429. The highest BCUT2D eigenvalue weighted by atomic mass is 16.4. The monoisotopic (exact) mass is 270 g/mol.